The summed E-state index contributed by atoms with van der Waals surface area (Å²) in [6.07, 6.45) is 3.63. The summed E-state index contributed by atoms with van der Waals surface area (Å²) in [6.45, 7) is 8.30. The van der Waals surface area contributed by atoms with Crippen LogP contribution in [0.15, 0.2) is 11.6 Å². The van der Waals surface area contributed by atoms with Crippen molar-refractivity contribution in [3.8, 4) is 0 Å². The lowest BCUT2D eigenvalue weighted by atomic mass is 10.1. The summed E-state index contributed by atoms with van der Waals surface area (Å²) in [5, 5.41) is 3.27. The minimum atomic E-state index is 0.302. The number of ether oxygens (including phenoxy) is 2. The summed E-state index contributed by atoms with van der Waals surface area (Å²) in [6, 6.07) is 0. The molecule has 0 saturated heterocycles. The van der Waals surface area contributed by atoms with E-state index in [0.717, 1.165) is 26.1 Å². The molecule has 0 saturated carbocycles. The van der Waals surface area contributed by atoms with Gasteiger partial charge in [0.25, 0.3) is 0 Å². The van der Waals surface area contributed by atoms with E-state index in [1.807, 2.05) is 13.8 Å². The fourth-order valence-corrected chi connectivity index (χ4v) is 1.35. The van der Waals surface area contributed by atoms with Crippen LogP contribution in [-0.2, 0) is 9.47 Å². The molecule has 1 heterocycles. The molecule has 3 nitrogen and oxygen atoms in total. The van der Waals surface area contributed by atoms with Gasteiger partial charge in [-0.3, -0.25) is 0 Å². The summed E-state index contributed by atoms with van der Waals surface area (Å²) in [5.74, 6) is 0. The maximum absolute atomic E-state index is 5.50. The average molecular weight is 199 g/mol. The van der Waals surface area contributed by atoms with Gasteiger partial charge in [-0.25, -0.2) is 0 Å². The van der Waals surface area contributed by atoms with Crippen molar-refractivity contribution in [2.24, 2.45) is 0 Å². The second kappa shape index (κ2) is 6.98. The van der Waals surface area contributed by atoms with Gasteiger partial charge in [-0.2, -0.15) is 0 Å². The lowest BCUT2D eigenvalue weighted by Gasteiger charge is -2.14. The third-order valence-electron chi connectivity index (χ3n) is 2.12. The molecule has 1 rings (SSSR count). The van der Waals surface area contributed by atoms with Crippen molar-refractivity contribution < 1.29 is 9.47 Å². The maximum Gasteiger partial charge on any atom is 0.0705 e. The molecular formula is C11H21NO2. The van der Waals surface area contributed by atoms with Gasteiger partial charge in [0.15, 0.2) is 0 Å². The van der Waals surface area contributed by atoms with E-state index in [2.05, 4.69) is 11.4 Å². The summed E-state index contributed by atoms with van der Waals surface area (Å²) in [5.41, 5.74) is 1.41. The van der Waals surface area contributed by atoms with E-state index >= 15 is 0 Å². The zero-order chi connectivity index (χ0) is 10.2. The van der Waals surface area contributed by atoms with Crippen molar-refractivity contribution in [3.63, 3.8) is 0 Å². The van der Waals surface area contributed by atoms with Crippen molar-refractivity contribution in [3.05, 3.63) is 11.6 Å². The van der Waals surface area contributed by atoms with Crippen LogP contribution in [0.1, 0.15) is 20.3 Å². The Morgan fingerprint density at radius 2 is 2.29 bits per heavy atom. The Balaban J connectivity index is 1.95. The van der Waals surface area contributed by atoms with E-state index in [9.17, 15) is 0 Å². The fourth-order valence-electron chi connectivity index (χ4n) is 1.35. The molecule has 82 valence electrons. The first-order chi connectivity index (χ1) is 6.79. The molecule has 1 aliphatic rings. The van der Waals surface area contributed by atoms with E-state index in [-0.39, 0.29) is 0 Å². The molecule has 0 aromatic heterocycles. The SMILES string of the molecule is CC(C)OCCOCC1=CCNCC1. The normalized spacial score (nSPS) is 17.2. The molecule has 0 fully saturated rings. The van der Waals surface area contributed by atoms with Crippen LogP contribution in [0.25, 0.3) is 0 Å². The van der Waals surface area contributed by atoms with Gasteiger partial charge in [0, 0.05) is 6.54 Å². The van der Waals surface area contributed by atoms with E-state index in [1.165, 1.54) is 5.57 Å². The molecule has 0 bridgehead atoms. The lowest BCUT2D eigenvalue weighted by Crippen LogP contribution is -2.22. The highest BCUT2D eigenvalue weighted by atomic mass is 16.5. The largest absolute Gasteiger partial charge is 0.376 e. The minimum absolute atomic E-state index is 0.302. The third-order valence-corrected chi connectivity index (χ3v) is 2.12. The smallest absolute Gasteiger partial charge is 0.0705 e. The van der Waals surface area contributed by atoms with Gasteiger partial charge < -0.3 is 14.8 Å². The van der Waals surface area contributed by atoms with E-state index in [0.29, 0.717) is 19.3 Å². The van der Waals surface area contributed by atoms with Crippen LogP contribution in [-0.4, -0.2) is 39.0 Å². The first-order valence-corrected chi connectivity index (χ1v) is 5.37. The second-order valence-corrected chi connectivity index (χ2v) is 3.79. The number of nitrogens with one attached hydrogen (secondary N) is 1. The topological polar surface area (TPSA) is 30.5 Å². The van der Waals surface area contributed by atoms with Gasteiger partial charge in [-0.1, -0.05) is 6.08 Å². The number of rotatable bonds is 6. The molecule has 0 unspecified atom stereocenters. The molecule has 0 aromatic rings. The van der Waals surface area contributed by atoms with Crippen molar-refractivity contribution in [1.82, 2.24) is 5.32 Å². The van der Waals surface area contributed by atoms with E-state index in [1.54, 1.807) is 0 Å². The summed E-state index contributed by atoms with van der Waals surface area (Å²) >= 11 is 0. The second-order valence-electron chi connectivity index (χ2n) is 3.79. The maximum atomic E-state index is 5.50. The highest BCUT2D eigenvalue weighted by Crippen LogP contribution is 2.04. The van der Waals surface area contributed by atoms with Crippen LogP contribution in [0, 0.1) is 0 Å². The Morgan fingerprint density at radius 1 is 1.43 bits per heavy atom. The Morgan fingerprint density at radius 3 is 2.93 bits per heavy atom. The Labute approximate surface area is 86.5 Å². The van der Waals surface area contributed by atoms with Gasteiger partial charge in [-0.05, 0) is 32.4 Å². The van der Waals surface area contributed by atoms with Crippen molar-refractivity contribution in [2.45, 2.75) is 26.4 Å². The fraction of sp³-hybridized carbons (Fsp3) is 0.818. The van der Waals surface area contributed by atoms with E-state index in [4.69, 9.17) is 9.47 Å². The first-order valence-electron chi connectivity index (χ1n) is 5.37. The highest BCUT2D eigenvalue weighted by Gasteiger charge is 2.02. The Bertz CT molecular complexity index is 178. The van der Waals surface area contributed by atoms with Crippen molar-refractivity contribution in [2.75, 3.05) is 32.9 Å². The molecule has 1 N–H and O–H groups in total. The van der Waals surface area contributed by atoms with E-state index < -0.39 is 0 Å². The Kier molecular flexibility index (Phi) is 5.83. The zero-order valence-electron chi connectivity index (χ0n) is 9.21. The minimum Gasteiger partial charge on any atom is -0.376 e. The summed E-state index contributed by atoms with van der Waals surface area (Å²) < 4.78 is 10.9. The van der Waals surface area contributed by atoms with Crippen LogP contribution >= 0.6 is 0 Å². The third kappa shape index (κ3) is 5.37. The number of hydrogen-bond acceptors (Lipinski definition) is 3. The summed E-state index contributed by atoms with van der Waals surface area (Å²) in [4.78, 5) is 0. The molecule has 0 radical (unpaired) electrons. The molecule has 0 aliphatic carbocycles. The molecule has 3 heteroatoms. The number of hydrogen-bond donors (Lipinski definition) is 1. The standard InChI is InChI=1S/C11H21NO2/c1-10(2)14-8-7-13-9-11-3-5-12-6-4-11/h3,10,12H,4-9H2,1-2H3. The van der Waals surface area contributed by atoms with Gasteiger partial charge in [-0.15, -0.1) is 0 Å². The molecule has 1 aliphatic heterocycles. The quantitative estimate of drug-likeness (QED) is 0.517. The molecule has 0 aromatic carbocycles. The molecule has 0 amide bonds. The lowest BCUT2D eigenvalue weighted by molar-refractivity contribution is 0.0248. The van der Waals surface area contributed by atoms with Gasteiger partial charge in [0.2, 0.25) is 0 Å². The van der Waals surface area contributed by atoms with Crippen LogP contribution < -0.4 is 5.32 Å². The summed E-state index contributed by atoms with van der Waals surface area (Å²) in [7, 11) is 0. The predicted octanol–water partition coefficient (Wildman–Crippen LogP) is 1.35. The monoisotopic (exact) mass is 199 g/mol. The van der Waals surface area contributed by atoms with Crippen LogP contribution in [0.4, 0.5) is 0 Å². The molecule has 14 heavy (non-hydrogen) atoms. The highest BCUT2D eigenvalue weighted by molar-refractivity contribution is 5.06. The molecule has 0 atom stereocenters. The van der Waals surface area contributed by atoms with Crippen molar-refractivity contribution in [1.29, 1.82) is 0 Å². The molecular weight excluding hydrogens is 178 g/mol. The van der Waals surface area contributed by atoms with Gasteiger partial charge in [0.1, 0.15) is 0 Å². The van der Waals surface area contributed by atoms with Crippen LogP contribution in [0.2, 0.25) is 0 Å². The molecule has 0 spiro atoms. The van der Waals surface area contributed by atoms with Crippen LogP contribution in [0.5, 0.6) is 0 Å². The predicted molar refractivity (Wildman–Crippen MR) is 57.5 cm³/mol. The van der Waals surface area contributed by atoms with Crippen molar-refractivity contribution >= 4 is 0 Å². The zero-order valence-corrected chi connectivity index (χ0v) is 9.21. The Hall–Kier alpha value is -0.380. The van der Waals surface area contributed by atoms with Gasteiger partial charge in [0.05, 0.1) is 25.9 Å². The van der Waals surface area contributed by atoms with Gasteiger partial charge >= 0.3 is 0 Å². The first kappa shape index (κ1) is 11.7. The van der Waals surface area contributed by atoms with Crippen LogP contribution in [0.3, 0.4) is 0 Å². The average Bonchev–Trinajstić information content (AvgIpc) is 2.18.